The summed E-state index contributed by atoms with van der Waals surface area (Å²) >= 11 is 9.57. The highest BCUT2D eigenvalue weighted by atomic mass is 79.9. The van der Waals surface area contributed by atoms with Crippen LogP contribution in [-0.4, -0.2) is 42.0 Å². The van der Waals surface area contributed by atoms with Crippen molar-refractivity contribution in [3.63, 3.8) is 0 Å². The maximum Gasteiger partial charge on any atom is 0.239 e. The van der Waals surface area contributed by atoms with Crippen molar-refractivity contribution in [1.29, 1.82) is 0 Å². The molecular formula is C18H20BrClN4O. The zero-order valence-electron chi connectivity index (χ0n) is 14.0. The molecule has 0 unspecified atom stereocenters. The summed E-state index contributed by atoms with van der Waals surface area (Å²) in [6.45, 7) is 5.09. The SMILES string of the molecule is Cc1ccnc(N2CCN([C@@H](C(N)=O)c3ccc(Cl)cc3)CC2)c1Br. The minimum Gasteiger partial charge on any atom is -0.368 e. The molecule has 0 spiro atoms. The molecule has 0 bridgehead atoms. The largest absolute Gasteiger partial charge is 0.368 e. The van der Waals surface area contributed by atoms with Crippen molar-refractivity contribution in [2.45, 2.75) is 13.0 Å². The summed E-state index contributed by atoms with van der Waals surface area (Å²) < 4.78 is 1.02. The molecule has 1 aromatic heterocycles. The lowest BCUT2D eigenvalue weighted by molar-refractivity contribution is -0.123. The van der Waals surface area contributed by atoms with E-state index in [0.717, 1.165) is 47.6 Å². The van der Waals surface area contributed by atoms with Crippen molar-refractivity contribution in [2.75, 3.05) is 31.1 Å². The van der Waals surface area contributed by atoms with Crippen LogP contribution in [0.25, 0.3) is 0 Å². The second-order valence-corrected chi connectivity index (χ2v) is 7.37. The Hall–Kier alpha value is -1.63. The molecule has 2 N–H and O–H groups in total. The smallest absolute Gasteiger partial charge is 0.239 e. The van der Waals surface area contributed by atoms with Gasteiger partial charge in [0.15, 0.2) is 0 Å². The quantitative estimate of drug-likeness (QED) is 0.820. The van der Waals surface area contributed by atoms with Gasteiger partial charge in [-0.1, -0.05) is 23.7 Å². The molecule has 0 aliphatic carbocycles. The van der Waals surface area contributed by atoms with E-state index in [1.54, 1.807) is 12.1 Å². The third kappa shape index (κ3) is 3.97. The molecule has 2 heterocycles. The fourth-order valence-corrected chi connectivity index (χ4v) is 3.75. The van der Waals surface area contributed by atoms with Gasteiger partial charge in [-0.15, -0.1) is 0 Å². The molecule has 1 amide bonds. The van der Waals surface area contributed by atoms with Gasteiger partial charge in [-0.3, -0.25) is 9.69 Å². The molecule has 25 heavy (non-hydrogen) atoms. The summed E-state index contributed by atoms with van der Waals surface area (Å²) in [7, 11) is 0. The van der Waals surface area contributed by atoms with Gasteiger partial charge in [-0.2, -0.15) is 0 Å². The van der Waals surface area contributed by atoms with Crippen molar-refractivity contribution in [2.24, 2.45) is 5.73 Å². The van der Waals surface area contributed by atoms with Gasteiger partial charge in [0.25, 0.3) is 0 Å². The summed E-state index contributed by atoms with van der Waals surface area (Å²) in [6, 6.07) is 8.85. The second kappa shape index (κ2) is 7.72. The Bertz CT molecular complexity index is 760. The Morgan fingerprint density at radius 1 is 1.20 bits per heavy atom. The van der Waals surface area contributed by atoms with Crippen LogP contribution >= 0.6 is 27.5 Å². The first-order valence-electron chi connectivity index (χ1n) is 8.12. The first-order chi connectivity index (χ1) is 12.0. The maximum atomic E-state index is 12.0. The second-order valence-electron chi connectivity index (χ2n) is 6.14. The number of amides is 1. The average molecular weight is 424 g/mol. The molecule has 1 aliphatic heterocycles. The minimum absolute atomic E-state index is 0.342. The van der Waals surface area contributed by atoms with E-state index in [1.165, 1.54) is 0 Å². The van der Waals surface area contributed by atoms with E-state index >= 15 is 0 Å². The van der Waals surface area contributed by atoms with E-state index in [9.17, 15) is 4.79 Å². The molecule has 1 aromatic carbocycles. The number of hydrogen-bond acceptors (Lipinski definition) is 4. The van der Waals surface area contributed by atoms with E-state index < -0.39 is 6.04 Å². The molecule has 5 nitrogen and oxygen atoms in total. The van der Waals surface area contributed by atoms with Crippen molar-refractivity contribution < 1.29 is 4.79 Å². The van der Waals surface area contributed by atoms with E-state index in [4.69, 9.17) is 17.3 Å². The Kier molecular flexibility index (Phi) is 5.61. The highest BCUT2D eigenvalue weighted by Gasteiger charge is 2.29. The number of halogens is 2. The van der Waals surface area contributed by atoms with Gasteiger partial charge in [-0.05, 0) is 52.2 Å². The topological polar surface area (TPSA) is 62.5 Å². The van der Waals surface area contributed by atoms with Gasteiger partial charge >= 0.3 is 0 Å². The number of anilines is 1. The van der Waals surface area contributed by atoms with Crippen molar-refractivity contribution in [3.05, 3.63) is 57.2 Å². The number of aromatic nitrogens is 1. The number of rotatable bonds is 4. The average Bonchev–Trinajstić information content (AvgIpc) is 2.60. The predicted molar refractivity (Wildman–Crippen MR) is 104 cm³/mol. The molecule has 7 heteroatoms. The van der Waals surface area contributed by atoms with Gasteiger partial charge < -0.3 is 10.6 Å². The standard InChI is InChI=1S/C18H20BrClN4O/c1-12-6-7-22-18(15(12)19)24-10-8-23(9-11-24)16(17(21)25)13-2-4-14(20)5-3-13/h2-7,16H,8-11H2,1H3,(H2,21,25)/t16-/m1/s1. The first-order valence-corrected chi connectivity index (χ1v) is 9.29. The minimum atomic E-state index is -0.437. The van der Waals surface area contributed by atoms with Crippen LogP contribution in [-0.2, 0) is 4.79 Å². The van der Waals surface area contributed by atoms with Crippen LogP contribution in [0.15, 0.2) is 41.0 Å². The number of carbonyl (C=O) groups excluding carboxylic acids is 1. The fraction of sp³-hybridized carbons (Fsp3) is 0.333. The molecule has 132 valence electrons. The third-order valence-corrected chi connectivity index (χ3v) is 5.73. The van der Waals surface area contributed by atoms with Crippen LogP contribution in [0.4, 0.5) is 5.82 Å². The van der Waals surface area contributed by atoms with Crippen molar-refractivity contribution in [1.82, 2.24) is 9.88 Å². The molecule has 1 aliphatic rings. The number of nitrogens with two attached hydrogens (primary N) is 1. The van der Waals surface area contributed by atoms with E-state index in [2.05, 4.69) is 37.6 Å². The monoisotopic (exact) mass is 422 g/mol. The van der Waals surface area contributed by atoms with Crippen molar-refractivity contribution >= 4 is 39.3 Å². The Morgan fingerprint density at radius 3 is 2.44 bits per heavy atom. The molecule has 1 fully saturated rings. The predicted octanol–water partition coefficient (Wildman–Crippen LogP) is 3.15. The van der Waals surface area contributed by atoms with Crippen molar-refractivity contribution in [3.8, 4) is 0 Å². The molecule has 3 rings (SSSR count). The lowest BCUT2D eigenvalue weighted by Gasteiger charge is -2.39. The lowest BCUT2D eigenvalue weighted by Crippen LogP contribution is -2.50. The maximum absolute atomic E-state index is 12.0. The fourth-order valence-electron chi connectivity index (χ4n) is 3.14. The Labute approximate surface area is 160 Å². The highest BCUT2D eigenvalue weighted by Crippen LogP contribution is 2.29. The molecule has 0 radical (unpaired) electrons. The van der Waals surface area contributed by atoms with Gasteiger partial charge in [0.2, 0.25) is 5.91 Å². The Balaban J connectivity index is 1.74. The number of hydrogen-bond donors (Lipinski definition) is 1. The highest BCUT2D eigenvalue weighted by molar-refractivity contribution is 9.10. The van der Waals surface area contributed by atoms with Gasteiger partial charge in [0.05, 0.1) is 4.47 Å². The zero-order chi connectivity index (χ0) is 18.0. The van der Waals surface area contributed by atoms with Gasteiger partial charge in [-0.25, -0.2) is 4.98 Å². The molecule has 2 aromatic rings. The van der Waals surface area contributed by atoms with Crippen LogP contribution in [0, 0.1) is 6.92 Å². The number of pyridine rings is 1. The number of primary amides is 1. The Morgan fingerprint density at radius 2 is 1.84 bits per heavy atom. The van der Waals surface area contributed by atoms with E-state index in [-0.39, 0.29) is 5.91 Å². The lowest BCUT2D eigenvalue weighted by atomic mass is 10.0. The molecule has 0 saturated carbocycles. The van der Waals surface area contributed by atoms with E-state index in [0.29, 0.717) is 5.02 Å². The summed E-state index contributed by atoms with van der Waals surface area (Å²) in [4.78, 5) is 20.9. The summed E-state index contributed by atoms with van der Waals surface area (Å²) in [6.07, 6.45) is 1.82. The van der Waals surface area contributed by atoms with E-state index in [1.807, 2.05) is 24.4 Å². The number of piperazine rings is 1. The van der Waals surface area contributed by atoms with Gasteiger partial charge in [0.1, 0.15) is 11.9 Å². The van der Waals surface area contributed by atoms with Crippen LogP contribution in [0.3, 0.4) is 0 Å². The summed E-state index contributed by atoms with van der Waals surface area (Å²) in [5.41, 5.74) is 7.71. The number of carbonyl (C=O) groups is 1. The number of nitrogens with zero attached hydrogens (tertiary/aromatic N) is 3. The van der Waals surface area contributed by atoms with Crippen LogP contribution < -0.4 is 10.6 Å². The third-order valence-electron chi connectivity index (χ3n) is 4.50. The number of benzene rings is 1. The molecule has 1 atom stereocenters. The summed E-state index contributed by atoms with van der Waals surface area (Å²) in [5, 5.41) is 0.646. The van der Waals surface area contributed by atoms with Crippen LogP contribution in [0.2, 0.25) is 5.02 Å². The van der Waals surface area contributed by atoms with Gasteiger partial charge in [0, 0.05) is 37.4 Å². The number of aryl methyl sites for hydroxylation is 1. The first kappa shape index (κ1) is 18.2. The molecular weight excluding hydrogens is 404 g/mol. The van der Waals surface area contributed by atoms with Crippen LogP contribution in [0.5, 0.6) is 0 Å². The normalized spacial score (nSPS) is 16.7. The van der Waals surface area contributed by atoms with Crippen LogP contribution in [0.1, 0.15) is 17.2 Å². The summed E-state index contributed by atoms with van der Waals surface area (Å²) in [5.74, 6) is 0.604. The zero-order valence-corrected chi connectivity index (χ0v) is 16.3. The molecule has 1 saturated heterocycles.